The lowest BCUT2D eigenvalue weighted by atomic mass is 10.0. The molecule has 0 saturated heterocycles. The summed E-state index contributed by atoms with van der Waals surface area (Å²) in [5, 5.41) is 15.8. The van der Waals surface area contributed by atoms with Crippen LogP contribution in [0.15, 0.2) is 30.3 Å². The molecular formula is C19H27N3O7. The number of ether oxygens (including phenoxy) is 2. The Morgan fingerprint density at radius 1 is 1.10 bits per heavy atom. The van der Waals surface area contributed by atoms with Gasteiger partial charge in [-0.2, -0.15) is 0 Å². The van der Waals surface area contributed by atoms with Crippen molar-refractivity contribution in [3.8, 4) is 0 Å². The molecule has 160 valence electrons. The Hall–Kier alpha value is -3.17. The Labute approximate surface area is 169 Å². The van der Waals surface area contributed by atoms with E-state index in [9.17, 15) is 24.5 Å². The van der Waals surface area contributed by atoms with Crippen molar-refractivity contribution >= 4 is 18.0 Å². The van der Waals surface area contributed by atoms with Gasteiger partial charge in [-0.1, -0.05) is 44.2 Å². The molecule has 10 nitrogen and oxygen atoms in total. The quantitative estimate of drug-likeness (QED) is 0.340. The Kier molecular flexibility index (Phi) is 9.57. The molecule has 2 amide bonds. The maximum atomic E-state index is 12.6. The van der Waals surface area contributed by atoms with Gasteiger partial charge in [-0.15, -0.1) is 0 Å². The van der Waals surface area contributed by atoms with E-state index in [1.54, 1.807) is 30.3 Å². The van der Waals surface area contributed by atoms with Gasteiger partial charge in [0.05, 0.1) is 7.11 Å². The molecule has 0 heterocycles. The van der Waals surface area contributed by atoms with Crippen molar-refractivity contribution in [2.75, 3.05) is 7.11 Å². The fraction of sp³-hybridized carbons (Fsp3) is 0.526. The van der Waals surface area contributed by atoms with Crippen molar-refractivity contribution in [2.45, 2.75) is 51.9 Å². The summed E-state index contributed by atoms with van der Waals surface area (Å²) in [6.45, 7) is 4.81. The average molecular weight is 409 g/mol. The van der Waals surface area contributed by atoms with Gasteiger partial charge in [-0.25, -0.2) is 9.59 Å². The van der Waals surface area contributed by atoms with Crippen LogP contribution in [0.2, 0.25) is 0 Å². The molecule has 29 heavy (non-hydrogen) atoms. The van der Waals surface area contributed by atoms with Gasteiger partial charge in [-0.05, 0) is 17.9 Å². The van der Waals surface area contributed by atoms with Crippen LogP contribution in [0.4, 0.5) is 4.79 Å². The van der Waals surface area contributed by atoms with Gasteiger partial charge in [-0.3, -0.25) is 14.9 Å². The number of amides is 2. The van der Waals surface area contributed by atoms with Crippen LogP contribution in [-0.4, -0.2) is 48.1 Å². The zero-order valence-electron chi connectivity index (χ0n) is 16.9. The highest BCUT2D eigenvalue weighted by molar-refractivity contribution is 5.90. The molecule has 10 heteroatoms. The summed E-state index contributed by atoms with van der Waals surface area (Å²) in [5.74, 6) is -1.50. The van der Waals surface area contributed by atoms with Crippen LogP contribution >= 0.6 is 0 Å². The van der Waals surface area contributed by atoms with Crippen LogP contribution in [0.25, 0.3) is 0 Å². The number of nitro groups is 1. The predicted molar refractivity (Wildman–Crippen MR) is 103 cm³/mol. The van der Waals surface area contributed by atoms with Crippen LogP contribution in [-0.2, 0) is 25.7 Å². The van der Waals surface area contributed by atoms with Crippen molar-refractivity contribution in [3.05, 3.63) is 46.0 Å². The van der Waals surface area contributed by atoms with E-state index in [0.717, 1.165) is 0 Å². The van der Waals surface area contributed by atoms with Crippen LogP contribution in [0.1, 0.15) is 32.8 Å². The summed E-state index contributed by atoms with van der Waals surface area (Å²) < 4.78 is 9.70. The Morgan fingerprint density at radius 2 is 1.72 bits per heavy atom. The lowest BCUT2D eigenvalue weighted by molar-refractivity contribution is -0.519. The van der Waals surface area contributed by atoms with Crippen LogP contribution in [0.5, 0.6) is 0 Å². The Balaban J connectivity index is 2.84. The first-order valence-electron chi connectivity index (χ1n) is 9.14. The van der Waals surface area contributed by atoms with Gasteiger partial charge >= 0.3 is 12.1 Å². The first-order chi connectivity index (χ1) is 13.6. The minimum atomic E-state index is -1.53. The number of hydrogen-bond acceptors (Lipinski definition) is 7. The fourth-order valence-corrected chi connectivity index (χ4v) is 2.51. The fourth-order valence-electron chi connectivity index (χ4n) is 2.51. The second-order valence-electron chi connectivity index (χ2n) is 6.92. The van der Waals surface area contributed by atoms with E-state index < -0.39 is 41.0 Å². The van der Waals surface area contributed by atoms with Crippen LogP contribution in [0, 0.1) is 16.0 Å². The van der Waals surface area contributed by atoms with Crippen LogP contribution in [0.3, 0.4) is 0 Å². The lowest BCUT2D eigenvalue weighted by Crippen LogP contribution is -2.57. The summed E-state index contributed by atoms with van der Waals surface area (Å²) in [5.41, 5.74) is 0.716. The molecule has 0 aliphatic carbocycles. The summed E-state index contributed by atoms with van der Waals surface area (Å²) in [6.07, 6.45) is -0.711. The van der Waals surface area contributed by atoms with Gasteiger partial charge in [0, 0.05) is 11.8 Å². The third-order valence-corrected chi connectivity index (χ3v) is 4.09. The molecule has 0 fully saturated rings. The number of alkyl carbamates (subject to hydrolysis) is 1. The largest absolute Gasteiger partial charge is 0.467 e. The molecule has 0 aliphatic heterocycles. The van der Waals surface area contributed by atoms with Crippen molar-refractivity contribution in [3.63, 3.8) is 0 Å². The van der Waals surface area contributed by atoms with Gasteiger partial charge < -0.3 is 20.1 Å². The number of methoxy groups -OCH3 is 1. The van der Waals surface area contributed by atoms with Crippen molar-refractivity contribution in [1.29, 1.82) is 0 Å². The van der Waals surface area contributed by atoms with Gasteiger partial charge in [0.15, 0.2) is 6.04 Å². The predicted octanol–water partition coefficient (Wildman–Crippen LogP) is 1.65. The van der Waals surface area contributed by atoms with Gasteiger partial charge in [0.2, 0.25) is 6.04 Å². The van der Waals surface area contributed by atoms with E-state index in [4.69, 9.17) is 4.74 Å². The number of nitrogens with zero attached hydrogens (tertiary/aromatic N) is 1. The molecule has 1 rings (SSSR count). The molecule has 0 aromatic heterocycles. The molecule has 0 bridgehead atoms. The topological polar surface area (TPSA) is 137 Å². The normalized spacial score (nSPS) is 13.7. The van der Waals surface area contributed by atoms with E-state index in [1.807, 2.05) is 13.8 Å². The maximum Gasteiger partial charge on any atom is 0.408 e. The standard InChI is InChI=1S/C19H27N3O7/c1-12(2)10-15(18(24)28-4)20-17(23)16(13(3)22(26)27)21-19(25)29-11-14-8-6-5-7-9-14/h5-9,12-13,15-16H,10-11H2,1-4H3,(H,20,23)(H,21,25)/t13?,15-,16-/m0/s1. The molecule has 1 unspecified atom stereocenters. The number of nitrogens with one attached hydrogen (secondary N) is 2. The molecule has 0 aliphatic rings. The zero-order valence-corrected chi connectivity index (χ0v) is 16.9. The molecule has 1 aromatic carbocycles. The average Bonchev–Trinajstić information content (AvgIpc) is 2.69. The van der Waals surface area contributed by atoms with Gasteiger partial charge in [0.25, 0.3) is 5.91 Å². The number of rotatable bonds is 10. The Bertz CT molecular complexity index is 709. The van der Waals surface area contributed by atoms with Crippen molar-refractivity contribution < 1.29 is 28.8 Å². The molecule has 3 atom stereocenters. The summed E-state index contributed by atoms with van der Waals surface area (Å²) >= 11 is 0. The minimum Gasteiger partial charge on any atom is -0.467 e. The van der Waals surface area contributed by atoms with E-state index in [-0.39, 0.29) is 18.9 Å². The van der Waals surface area contributed by atoms with Crippen molar-refractivity contribution in [1.82, 2.24) is 10.6 Å². The summed E-state index contributed by atoms with van der Waals surface area (Å²) in [7, 11) is 1.18. The Morgan fingerprint density at radius 3 is 2.24 bits per heavy atom. The third-order valence-electron chi connectivity index (χ3n) is 4.09. The van der Waals surface area contributed by atoms with E-state index in [1.165, 1.54) is 14.0 Å². The molecule has 2 N–H and O–H groups in total. The molecular weight excluding hydrogens is 382 g/mol. The second-order valence-corrected chi connectivity index (χ2v) is 6.92. The van der Waals surface area contributed by atoms with Crippen LogP contribution < -0.4 is 10.6 Å². The number of carbonyl (C=O) groups excluding carboxylic acids is 3. The molecule has 0 saturated carbocycles. The number of benzene rings is 1. The summed E-state index contributed by atoms with van der Waals surface area (Å²) in [6, 6.07) is 4.85. The smallest absolute Gasteiger partial charge is 0.408 e. The molecule has 0 radical (unpaired) electrons. The highest BCUT2D eigenvalue weighted by atomic mass is 16.6. The third kappa shape index (κ3) is 8.16. The highest BCUT2D eigenvalue weighted by Crippen LogP contribution is 2.08. The molecule has 0 spiro atoms. The first kappa shape index (κ1) is 23.9. The van der Waals surface area contributed by atoms with Gasteiger partial charge in [0.1, 0.15) is 12.6 Å². The lowest BCUT2D eigenvalue weighted by Gasteiger charge is -2.23. The van der Waals surface area contributed by atoms with Crippen molar-refractivity contribution in [2.24, 2.45) is 5.92 Å². The van der Waals surface area contributed by atoms with E-state index in [2.05, 4.69) is 15.4 Å². The number of esters is 1. The maximum absolute atomic E-state index is 12.6. The SMILES string of the molecule is COC(=O)[C@H](CC(C)C)NC(=O)[C@@H](NC(=O)OCc1ccccc1)C(C)[N+](=O)[O-]. The number of carbonyl (C=O) groups is 3. The van der Waals surface area contributed by atoms with E-state index >= 15 is 0 Å². The monoisotopic (exact) mass is 409 g/mol. The minimum absolute atomic E-state index is 0.0505. The summed E-state index contributed by atoms with van der Waals surface area (Å²) in [4.78, 5) is 47.1. The number of hydrogen-bond donors (Lipinski definition) is 2. The first-order valence-corrected chi connectivity index (χ1v) is 9.14. The highest BCUT2D eigenvalue weighted by Gasteiger charge is 2.37. The zero-order chi connectivity index (χ0) is 22.0. The molecule has 1 aromatic rings. The van der Waals surface area contributed by atoms with E-state index in [0.29, 0.717) is 5.56 Å². The second kappa shape index (κ2) is 11.6.